The van der Waals surface area contributed by atoms with E-state index in [0.29, 0.717) is 0 Å². The van der Waals surface area contributed by atoms with E-state index in [4.69, 9.17) is 10.2 Å². The molecule has 0 saturated heterocycles. The third-order valence-electron chi connectivity index (χ3n) is 4.90. The van der Waals surface area contributed by atoms with Crippen LogP contribution in [0.4, 0.5) is 0 Å². The zero-order valence-electron chi connectivity index (χ0n) is 17.4. The normalized spacial score (nSPS) is 12.8. The molecule has 0 saturated carbocycles. The molecule has 0 aromatic heterocycles. The summed E-state index contributed by atoms with van der Waals surface area (Å²) in [5, 5.41) is 15.0. The van der Waals surface area contributed by atoms with Crippen LogP contribution in [0.1, 0.15) is 85.5 Å². The topological polar surface area (TPSA) is 74.6 Å². The molecule has 0 spiro atoms. The van der Waals surface area contributed by atoms with Crippen molar-refractivity contribution in [3.05, 3.63) is 0 Å². The Hall–Kier alpha value is -0.280. The number of carbonyl (C=O) groups is 2. The molecule has 6 heteroatoms. The number of unbranched alkanes of at least 4 members (excludes halogenated alkanes) is 4. The summed E-state index contributed by atoms with van der Waals surface area (Å²) in [5.41, 5.74) is 0. The van der Waals surface area contributed by atoms with Crippen LogP contribution in [0.25, 0.3) is 0 Å². The van der Waals surface area contributed by atoms with Gasteiger partial charge in [-0.2, -0.15) is 12.6 Å². The van der Waals surface area contributed by atoms with Gasteiger partial charge in [-0.1, -0.05) is 0 Å². The number of thiol groups is 1. The number of rotatable bonds is 15. The van der Waals surface area contributed by atoms with Crippen LogP contribution in [0.2, 0.25) is 0 Å². The van der Waals surface area contributed by atoms with Crippen LogP contribution >= 0.6 is 19.9 Å². The zero-order valence-corrected chi connectivity index (χ0v) is 19.3. The SMILES string of the molecule is CCCC[PH](CCCC)(CCCC)CCCC.O=C(O)CC(S)C(=O)O. The average molecular weight is 411 g/mol. The molecule has 0 heterocycles. The minimum absolute atomic E-state index is 0.446. The second kappa shape index (κ2) is 18.1. The first-order valence-electron chi connectivity index (χ1n) is 10.4. The van der Waals surface area contributed by atoms with Gasteiger partial charge in [0.05, 0.1) is 6.42 Å². The molecule has 2 N–H and O–H groups in total. The first-order valence-corrected chi connectivity index (χ1v) is 13.8. The number of carboxylic acid groups (broad SMARTS) is 2. The first kappa shape index (κ1) is 27.9. The van der Waals surface area contributed by atoms with Crippen molar-refractivity contribution in [3.63, 3.8) is 0 Å². The fourth-order valence-corrected chi connectivity index (χ4v) is 9.28. The van der Waals surface area contributed by atoms with E-state index < -0.39 is 30.9 Å². The fraction of sp³-hybridized carbons (Fsp3) is 0.900. The zero-order chi connectivity index (χ0) is 20.4. The third kappa shape index (κ3) is 15.9. The third-order valence-corrected chi connectivity index (χ3v) is 11.0. The molecule has 0 bridgehead atoms. The smallest absolute Gasteiger partial charge is 0.316 e. The molecule has 0 amide bonds. The van der Waals surface area contributed by atoms with Crippen molar-refractivity contribution in [1.82, 2.24) is 0 Å². The van der Waals surface area contributed by atoms with E-state index in [1.54, 1.807) is 24.6 Å². The number of aliphatic carboxylic acids is 2. The van der Waals surface area contributed by atoms with Crippen LogP contribution in [0.15, 0.2) is 0 Å². The molecule has 4 nitrogen and oxygen atoms in total. The first-order chi connectivity index (χ1) is 12.3. The predicted molar refractivity (Wildman–Crippen MR) is 120 cm³/mol. The number of carboxylic acids is 2. The summed E-state index contributed by atoms with van der Waals surface area (Å²) in [5.74, 6) is -2.36. The molecule has 1 unspecified atom stereocenters. The largest absolute Gasteiger partial charge is 0.481 e. The molecule has 0 fully saturated rings. The van der Waals surface area contributed by atoms with Crippen LogP contribution in [-0.4, -0.2) is 52.0 Å². The maximum Gasteiger partial charge on any atom is 0.316 e. The Morgan fingerprint density at radius 3 is 1.23 bits per heavy atom. The molecular weight excluding hydrogens is 367 g/mol. The van der Waals surface area contributed by atoms with Crippen LogP contribution < -0.4 is 0 Å². The van der Waals surface area contributed by atoms with Crippen LogP contribution in [0.5, 0.6) is 0 Å². The van der Waals surface area contributed by atoms with E-state index in [-0.39, 0.29) is 0 Å². The number of hydrogen-bond acceptors (Lipinski definition) is 3. The van der Waals surface area contributed by atoms with Gasteiger partial charge in [0, 0.05) is 0 Å². The second-order valence-corrected chi connectivity index (χ2v) is 13.0. The maximum absolute atomic E-state index is 9.90. The van der Waals surface area contributed by atoms with Gasteiger partial charge >= 0.3 is 123 Å². The molecule has 0 aromatic carbocycles. The van der Waals surface area contributed by atoms with Gasteiger partial charge < -0.3 is 10.2 Å². The summed E-state index contributed by atoms with van der Waals surface area (Å²) in [7, 11) is -0.879. The Bertz CT molecular complexity index is 326. The Labute approximate surface area is 167 Å². The maximum atomic E-state index is 9.90. The minimum Gasteiger partial charge on any atom is -0.481 e. The van der Waals surface area contributed by atoms with Crippen molar-refractivity contribution in [2.75, 3.05) is 24.6 Å². The van der Waals surface area contributed by atoms with E-state index in [0.717, 1.165) is 0 Å². The summed E-state index contributed by atoms with van der Waals surface area (Å²) < 4.78 is 0. The molecule has 0 radical (unpaired) electrons. The van der Waals surface area contributed by atoms with Crippen molar-refractivity contribution in [3.8, 4) is 0 Å². The standard InChI is InChI=1S/C16H37P.C4H6O4S/c1-5-9-13-17(14-10-6-2,15-11-7-3)16-12-8-4;5-3(6)1-2(9)4(7)8/h17H,5-16H2,1-4H3;2,9H,1H2,(H,5,6)(H,7,8). The molecule has 0 aliphatic carbocycles. The van der Waals surface area contributed by atoms with E-state index >= 15 is 0 Å². The molecule has 0 aliphatic rings. The van der Waals surface area contributed by atoms with Gasteiger partial charge in [-0.05, 0) is 0 Å². The molecule has 26 heavy (non-hydrogen) atoms. The average Bonchev–Trinajstić information content (AvgIpc) is 2.60. The van der Waals surface area contributed by atoms with Gasteiger partial charge in [0.15, 0.2) is 0 Å². The summed E-state index contributed by atoms with van der Waals surface area (Å²) >= 11 is 3.48. The van der Waals surface area contributed by atoms with Crippen molar-refractivity contribution in [1.29, 1.82) is 0 Å². The van der Waals surface area contributed by atoms with Crippen molar-refractivity contribution < 1.29 is 19.8 Å². The van der Waals surface area contributed by atoms with Gasteiger partial charge in [-0.15, -0.1) is 0 Å². The van der Waals surface area contributed by atoms with Crippen molar-refractivity contribution in [2.24, 2.45) is 0 Å². The van der Waals surface area contributed by atoms with Gasteiger partial charge in [0.2, 0.25) is 0 Å². The molecule has 158 valence electrons. The van der Waals surface area contributed by atoms with Crippen molar-refractivity contribution in [2.45, 2.75) is 90.7 Å². The fourth-order valence-electron chi connectivity index (χ4n) is 3.21. The molecular formula is C20H43O4PS. The van der Waals surface area contributed by atoms with Crippen LogP contribution in [0.3, 0.4) is 0 Å². The van der Waals surface area contributed by atoms with Gasteiger partial charge in [-0.3, -0.25) is 9.59 Å². The molecule has 0 aromatic rings. The molecule has 0 aliphatic heterocycles. The van der Waals surface area contributed by atoms with E-state index in [1.165, 1.54) is 51.4 Å². The Kier molecular flexibility index (Phi) is 19.4. The van der Waals surface area contributed by atoms with Crippen LogP contribution in [-0.2, 0) is 9.59 Å². The Balaban J connectivity index is 0. The second-order valence-electron chi connectivity index (χ2n) is 7.37. The Morgan fingerprint density at radius 1 is 0.769 bits per heavy atom. The van der Waals surface area contributed by atoms with E-state index in [2.05, 4.69) is 40.3 Å². The number of hydrogen-bond donors (Lipinski definition) is 3. The van der Waals surface area contributed by atoms with Gasteiger partial charge in [0.25, 0.3) is 0 Å². The van der Waals surface area contributed by atoms with Gasteiger partial charge in [-0.25, -0.2) is 0 Å². The Morgan fingerprint density at radius 2 is 1.08 bits per heavy atom. The van der Waals surface area contributed by atoms with Crippen molar-refractivity contribution >= 4 is 31.8 Å². The van der Waals surface area contributed by atoms with E-state index in [9.17, 15) is 9.59 Å². The molecule has 0 rings (SSSR count). The summed E-state index contributed by atoms with van der Waals surface area (Å²) in [4.78, 5) is 19.7. The van der Waals surface area contributed by atoms with Gasteiger partial charge in [0.1, 0.15) is 5.25 Å². The molecule has 1 atom stereocenters. The summed E-state index contributed by atoms with van der Waals surface area (Å²) in [6.45, 7) is 9.44. The summed E-state index contributed by atoms with van der Waals surface area (Å²) in [6, 6.07) is 0. The summed E-state index contributed by atoms with van der Waals surface area (Å²) in [6.07, 6.45) is 17.7. The minimum atomic E-state index is -1.21. The van der Waals surface area contributed by atoms with E-state index in [1.807, 2.05) is 0 Å². The predicted octanol–water partition coefficient (Wildman–Crippen LogP) is 5.78. The van der Waals surface area contributed by atoms with Crippen LogP contribution in [0, 0.1) is 0 Å². The quantitative estimate of drug-likeness (QED) is 0.236. The monoisotopic (exact) mass is 410 g/mol.